The predicted octanol–water partition coefficient (Wildman–Crippen LogP) is 2.17. The number of piperidine rings is 1. The molecule has 2 rings (SSSR count). The fourth-order valence-electron chi connectivity index (χ4n) is 2.68. The van der Waals surface area contributed by atoms with Crippen molar-refractivity contribution < 1.29 is 4.74 Å². The minimum absolute atomic E-state index is 0.735. The van der Waals surface area contributed by atoms with E-state index in [2.05, 4.69) is 30.0 Å². The molecule has 0 spiro atoms. The van der Waals surface area contributed by atoms with Gasteiger partial charge in [0.05, 0.1) is 7.11 Å². The molecule has 18 heavy (non-hydrogen) atoms. The maximum atomic E-state index is 5.72. The van der Waals surface area contributed by atoms with Crippen LogP contribution in [-0.4, -0.2) is 31.6 Å². The number of aryl methyl sites for hydroxylation is 1. The Bertz CT molecular complexity index is 384. The summed E-state index contributed by atoms with van der Waals surface area (Å²) in [7, 11) is 1.72. The van der Waals surface area contributed by atoms with Gasteiger partial charge in [-0.2, -0.15) is 0 Å². The maximum Gasteiger partial charge on any atom is 0.121 e. The van der Waals surface area contributed by atoms with Crippen LogP contribution in [0, 0.1) is 12.8 Å². The van der Waals surface area contributed by atoms with Crippen LogP contribution < -0.4 is 10.5 Å². The van der Waals surface area contributed by atoms with Gasteiger partial charge in [0.25, 0.3) is 0 Å². The molecule has 2 N–H and O–H groups in total. The number of hydrogen-bond acceptors (Lipinski definition) is 3. The Hall–Kier alpha value is -1.06. The van der Waals surface area contributed by atoms with E-state index in [4.69, 9.17) is 10.5 Å². The average molecular weight is 248 g/mol. The molecule has 0 saturated carbocycles. The Kier molecular flexibility index (Phi) is 4.61. The van der Waals surface area contributed by atoms with Gasteiger partial charge in [-0.3, -0.25) is 4.90 Å². The molecule has 1 fully saturated rings. The molecule has 3 heteroatoms. The summed E-state index contributed by atoms with van der Waals surface area (Å²) in [6.07, 6.45) is 2.48. The number of likely N-dealkylation sites (tertiary alicyclic amines) is 1. The first-order valence-electron chi connectivity index (χ1n) is 6.79. The zero-order valence-electron chi connectivity index (χ0n) is 11.5. The third-order valence-electron chi connectivity index (χ3n) is 3.91. The highest BCUT2D eigenvalue weighted by molar-refractivity contribution is 5.36. The molecule has 1 saturated heterocycles. The molecule has 0 radical (unpaired) electrons. The second-order valence-electron chi connectivity index (χ2n) is 5.26. The summed E-state index contributed by atoms with van der Waals surface area (Å²) in [4.78, 5) is 2.52. The topological polar surface area (TPSA) is 38.5 Å². The van der Waals surface area contributed by atoms with Crippen LogP contribution in [0.15, 0.2) is 18.2 Å². The van der Waals surface area contributed by atoms with Gasteiger partial charge < -0.3 is 10.5 Å². The van der Waals surface area contributed by atoms with Crippen molar-refractivity contribution in [3.05, 3.63) is 29.3 Å². The molecule has 0 amide bonds. The van der Waals surface area contributed by atoms with E-state index in [1.165, 1.54) is 37.1 Å². The van der Waals surface area contributed by atoms with Gasteiger partial charge in [-0.05, 0) is 62.5 Å². The molecule has 100 valence electrons. The average Bonchev–Trinajstić information content (AvgIpc) is 2.40. The van der Waals surface area contributed by atoms with Crippen molar-refractivity contribution in [3.63, 3.8) is 0 Å². The fraction of sp³-hybridized carbons (Fsp3) is 0.600. The Labute approximate surface area is 110 Å². The highest BCUT2D eigenvalue weighted by atomic mass is 16.5. The van der Waals surface area contributed by atoms with Crippen molar-refractivity contribution in [3.8, 4) is 5.75 Å². The molecule has 1 aromatic rings. The number of ether oxygens (including phenoxy) is 1. The number of rotatable bonds is 4. The summed E-state index contributed by atoms with van der Waals surface area (Å²) in [6.45, 7) is 6.33. The summed E-state index contributed by atoms with van der Waals surface area (Å²) >= 11 is 0. The molecule has 1 aliphatic heterocycles. The lowest BCUT2D eigenvalue weighted by Crippen LogP contribution is -2.35. The van der Waals surface area contributed by atoms with E-state index in [1.54, 1.807) is 7.11 Å². The SMILES string of the molecule is COc1ccc(CN2CCC(CN)CC2)cc1C. The van der Waals surface area contributed by atoms with Crippen LogP contribution in [0.4, 0.5) is 0 Å². The molecule has 0 aromatic heterocycles. The van der Waals surface area contributed by atoms with Gasteiger partial charge >= 0.3 is 0 Å². The molecule has 1 aliphatic rings. The zero-order chi connectivity index (χ0) is 13.0. The van der Waals surface area contributed by atoms with Crippen molar-refractivity contribution in [2.75, 3.05) is 26.7 Å². The Morgan fingerprint density at radius 2 is 2.06 bits per heavy atom. The van der Waals surface area contributed by atoms with Gasteiger partial charge in [-0.15, -0.1) is 0 Å². The van der Waals surface area contributed by atoms with E-state index in [0.717, 1.165) is 24.8 Å². The minimum atomic E-state index is 0.735. The molecule has 0 atom stereocenters. The maximum absolute atomic E-state index is 5.72. The zero-order valence-corrected chi connectivity index (χ0v) is 11.5. The first-order chi connectivity index (χ1) is 8.72. The molecule has 0 aliphatic carbocycles. The van der Waals surface area contributed by atoms with E-state index in [-0.39, 0.29) is 0 Å². The lowest BCUT2D eigenvalue weighted by atomic mass is 9.96. The minimum Gasteiger partial charge on any atom is -0.496 e. The van der Waals surface area contributed by atoms with E-state index < -0.39 is 0 Å². The van der Waals surface area contributed by atoms with Crippen molar-refractivity contribution in [2.24, 2.45) is 11.7 Å². The molecule has 0 unspecified atom stereocenters. The Balaban J connectivity index is 1.92. The molecule has 3 nitrogen and oxygen atoms in total. The molecule has 1 aromatic carbocycles. The third-order valence-corrected chi connectivity index (χ3v) is 3.91. The van der Waals surface area contributed by atoms with Crippen LogP contribution in [0.2, 0.25) is 0 Å². The predicted molar refractivity (Wildman–Crippen MR) is 74.8 cm³/mol. The van der Waals surface area contributed by atoms with Gasteiger partial charge in [-0.1, -0.05) is 12.1 Å². The van der Waals surface area contributed by atoms with E-state index >= 15 is 0 Å². The van der Waals surface area contributed by atoms with Crippen LogP contribution in [-0.2, 0) is 6.54 Å². The van der Waals surface area contributed by atoms with Crippen LogP contribution in [0.5, 0.6) is 5.75 Å². The lowest BCUT2D eigenvalue weighted by molar-refractivity contribution is 0.180. The summed E-state index contributed by atoms with van der Waals surface area (Å²) in [6, 6.07) is 6.46. The number of nitrogens with zero attached hydrogens (tertiary/aromatic N) is 1. The summed E-state index contributed by atoms with van der Waals surface area (Å²) in [5.74, 6) is 1.71. The van der Waals surface area contributed by atoms with Crippen molar-refractivity contribution >= 4 is 0 Å². The standard InChI is InChI=1S/C15H24N2O/c1-12-9-14(3-4-15(12)18-2)11-17-7-5-13(10-16)6-8-17/h3-4,9,13H,5-8,10-11,16H2,1-2H3. The van der Waals surface area contributed by atoms with Crippen molar-refractivity contribution in [1.29, 1.82) is 0 Å². The lowest BCUT2D eigenvalue weighted by Gasteiger charge is -2.31. The van der Waals surface area contributed by atoms with Gasteiger partial charge in [0, 0.05) is 6.54 Å². The highest BCUT2D eigenvalue weighted by Crippen LogP contribution is 2.22. The largest absolute Gasteiger partial charge is 0.496 e. The Morgan fingerprint density at radius 3 is 2.61 bits per heavy atom. The second kappa shape index (κ2) is 6.21. The second-order valence-corrected chi connectivity index (χ2v) is 5.26. The summed E-state index contributed by atoms with van der Waals surface area (Å²) < 4.78 is 5.29. The first-order valence-corrected chi connectivity index (χ1v) is 6.79. The number of nitrogens with two attached hydrogens (primary N) is 1. The number of benzene rings is 1. The van der Waals surface area contributed by atoms with Gasteiger partial charge in [0.1, 0.15) is 5.75 Å². The van der Waals surface area contributed by atoms with E-state index in [0.29, 0.717) is 0 Å². The van der Waals surface area contributed by atoms with Crippen LogP contribution in [0.1, 0.15) is 24.0 Å². The van der Waals surface area contributed by atoms with Crippen molar-refractivity contribution in [2.45, 2.75) is 26.3 Å². The van der Waals surface area contributed by atoms with Gasteiger partial charge in [-0.25, -0.2) is 0 Å². The number of methoxy groups -OCH3 is 1. The third kappa shape index (κ3) is 3.24. The molecular weight excluding hydrogens is 224 g/mol. The van der Waals surface area contributed by atoms with Crippen LogP contribution in [0.3, 0.4) is 0 Å². The highest BCUT2D eigenvalue weighted by Gasteiger charge is 2.17. The molecule has 0 bridgehead atoms. The normalized spacial score (nSPS) is 17.9. The smallest absolute Gasteiger partial charge is 0.121 e. The number of hydrogen-bond donors (Lipinski definition) is 1. The summed E-state index contributed by atoms with van der Waals surface area (Å²) in [5, 5.41) is 0. The van der Waals surface area contributed by atoms with Gasteiger partial charge in [0.15, 0.2) is 0 Å². The van der Waals surface area contributed by atoms with Crippen molar-refractivity contribution in [1.82, 2.24) is 4.90 Å². The summed E-state index contributed by atoms with van der Waals surface area (Å²) in [5.41, 5.74) is 8.31. The van der Waals surface area contributed by atoms with Crippen LogP contribution in [0.25, 0.3) is 0 Å². The first kappa shape index (κ1) is 13.4. The molecular formula is C15H24N2O. The quantitative estimate of drug-likeness (QED) is 0.887. The fourth-order valence-corrected chi connectivity index (χ4v) is 2.68. The van der Waals surface area contributed by atoms with E-state index in [1.807, 2.05) is 0 Å². The Morgan fingerprint density at radius 1 is 1.33 bits per heavy atom. The monoisotopic (exact) mass is 248 g/mol. The van der Waals surface area contributed by atoms with Gasteiger partial charge in [0.2, 0.25) is 0 Å². The molecule has 1 heterocycles. The van der Waals surface area contributed by atoms with E-state index in [9.17, 15) is 0 Å². The van der Waals surface area contributed by atoms with Crippen LogP contribution >= 0.6 is 0 Å².